The Morgan fingerprint density at radius 3 is 1.50 bits per heavy atom. The number of thiol groups is 2. The van der Waals surface area contributed by atoms with Gasteiger partial charge >= 0.3 is 11.9 Å². The van der Waals surface area contributed by atoms with E-state index in [1.807, 2.05) is 0 Å². The van der Waals surface area contributed by atoms with Gasteiger partial charge in [0.05, 0.1) is 25.1 Å². The van der Waals surface area contributed by atoms with E-state index >= 15 is 0 Å². The third kappa shape index (κ3) is 15.6. The Morgan fingerprint density at radius 2 is 1.07 bits per heavy atom. The summed E-state index contributed by atoms with van der Waals surface area (Å²) in [6.07, 6.45) is -2.91. The van der Waals surface area contributed by atoms with Crippen molar-refractivity contribution in [2.24, 2.45) is 5.73 Å². The molecule has 0 spiro atoms. The molecule has 0 saturated carbocycles. The topological polar surface area (TPSA) is 336 Å². The molecule has 0 radical (unpaired) electrons. The van der Waals surface area contributed by atoms with Crippen LogP contribution in [0, 0.1) is 0 Å². The third-order valence-electron chi connectivity index (χ3n) is 7.87. The molecule has 0 fully saturated rings. The van der Waals surface area contributed by atoms with Crippen LogP contribution in [0.3, 0.4) is 0 Å². The second-order valence-corrected chi connectivity index (χ2v) is 13.1. The van der Waals surface area contributed by atoms with E-state index in [4.69, 9.17) is 5.73 Å². The molecular formula is C34H45N7O13S2. The fraction of sp³-hybridized carbons (Fsp3) is 0.412. The second kappa shape index (κ2) is 22.7. The number of aromatic hydroxyl groups is 2. The van der Waals surface area contributed by atoms with Crippen LogP contribution in [0.1, 0.15) is 24.5 Å². The van der Waals surface area contributed by atoms with Crippen LogP contribution in [0.25, 0.3) is 0 Å². The Hall–Kier alpha value is -5.58. The van der Waals surface area contributed by atoms with Crippen LogP contribution < -0.4 is 37.6 Å². The van der Waals surface area contributed by atoms with E-state index in [-0.39, 0.29) is 35.8 Å². The van der Waals surface area contributed by atoms with Crippen LogP contribution in [0.2, 0.25) is 0 Å². The summed E-state index contributed by atoms with van der Waals surface area (Å²) in [4.78, 5) is 102. The molecule has 0 aliphatic heterocycles. The van der Waals surface area contributed by atoms with Crippen LogP contribution in [-0.2, 0) is 51.2 Å². The molecule has 0 saturated heterocycles. The minimum absolute atomic E-state index is 0.105. The van der Waals surface area contributed by atoms with Gasteiger partial charge in [-0.25, -0.2) is 4.79 Å². The summed E-state index contributed by atoms with van der Waals surface area (Å²) >= 11 is 7.77. The summed E-state index contributed by atoms with van der Waals surface area (Å²) in [5.41, 5.74) is 6.48. The number of nitrogens with two attached hydrogens (primary N) is 1. The maximum Gasteiger partial charge on any atom is 0.327 e. The quantitative estimate of drug-likeness (QED) is 0.0514. The molecule has 2 aromatic rings. The molecule has 0 heterocycles. The van der Waals surface area contributed by atoms with Gasteiger partial charge in [0.2, 0.25) is 35.4 Å². The van der Waals surface area contributed by atoms with Crippen molar-refractivity contribution < 1.29 is 63.9 Å². The zero-order chi connectivity index (χ0) is 42.1. The molecule has 0 bridgehead atoms. The van der Waals surface area contributed by atoms with Crippen molar-refractivity contribution >= 4 is 72.6 Å². The van der Waals surface area contributed by atoms with Crippen LogP contribution in [-0.4, -0.2) is 133 Å². The van der Waals surface area contributed by atoms with Gasteiger partial charge in [0.1, 0.15) is 41.7 Å². The maximum absolute atomic E-state index is 13.9. The van der Waals surface area contributed by atoms with Gasteiger partial charge in [-0.1, -0.05) is 24.3 Å². The molecule has 56 heavy (non-hydrogen) atoms. The van der Waals surface area contributed by atoms with E-state index in [9.17, 15) is 63.9 Å². The summed E-state index contributed by atoms with van der Waals surface area (Å²) in [6, 6.07) is 2.01. The molecule has 2 aromatic carbocycles. The van der Waals surface area contributed by atoms with E-state index in [1.165, 1.54) is 48.5 Å². The Kier molecular flexibility index (Phi) is 18.9. The van der Waals surface area contributed by atoms with Crippen molar-refractivity contribution in [3.63, 3.8) is 0 Å². The van der Waals surface area contributed by atoms with Crippen molar-refractivity contribution in [3.05, 3.63) is 59.7 Å². The lowest BCUT2D eigenvalue weighted by atomic mass is 10.0. The molecule has 0 aliphatic carbocycles. The standard InChI is InChI=1S/C34H45N7O13S2/c1-16(42)28(33(52)40-25(15-56)34(53)54)41-26(45)13-36-30(49)22(10-17-2-6-19(43)7-3-17)38-31(50)23(11-18-4-8-20(44)9-5-18)39-32(51)24(12-27(46)47)37-29(48)21(35)14-55/h2-9,16,21-25,28,42-44,55-56H,10-15,35H2,1H3,(H,36,49)(H,37,48)(H,38,50)(H,39,51)(H,40,52)(H,41,45)(H,46,47)(H,53,54)/t16-,21+,22+,23+,24+,25+,28+/m1/s1. The second-order valence-electron chi connectivity index (χ2n) is 12.4. The van der Waals surface area contributed by atoms with Crippen LogP contribution >= 0.6 is 25.3 Å². The molecule has 0 unspecified atom stereocenters. The van der Waals surface area contributed by atoms with Crippen molar-refractivity contribution in [1.82, 2.24) is 31.9 Å². The average molecular weight is 824 g/mol. The van der Waals surface area contributed by atoms with Gasteiger partial charge in [-0.05, 0) is 42.3 Å². The normalized spacial score (nSPS) is 14.6. The molecule has 306 valence electrons. The first-order chi connectivity index (χ1) is 26.3. The van der Waals surface area contributed by atoms with Crippen molar-refractivity contribution in [1.29, 1.82) is 0 Å². The lowest BCUT2D eigenvalue weighted by Crippen LogP contribution is -2.59. The SMILES string of the molecule is C[C@@H](O)[C@H](NC(=O)CNC(=O)[C@H](Cc1ccc(O)cc1)NC(=O)[C@H](Cc1ccc(O)cc1)NC(=O)[C@H](CC(=O)O)NC(=O)[C@@H](N)CS)C(=O)N[C@@H](CS)C(=O)O. The number of carbonyl (C=O) groups excluding carboxylic acids is 6. The maximum atomic E-state index is 13.9. The molecule has 0 aliphatic rings. The van der Waals surface area contributed by atoms with E-state index in [0.29, 0.717) is 11.1 Å². The summed E-state index contributed by atoms with van der Waals surface area (Å²) in [5.74, 6) is -9.49. The number of phenolic OH excluding ortho intramolecular Hbond substituents is 2. The predicted octanol–water partition coefficient (Wildman–Crippen LogP) is -3.45. The number of hydrogen-bond donors (Lipinski definition) is 14. The molecule has 6 amide bonds. The number of carboxylic acids is 2. The minimum atomic E-state index is -1.70. The fourth-order valence-corrected chi connectivity index (χ4v) is 5.22. The highest BCUT2D eigenvalue weighted by atomic mass is 32.1. The lowest BCUT2D eigenvalue weighted by Gasteiger charge is -2.26. The first-order valence-electron chi connectivity index (χ1n) is 16.8. The van der Waals surface area contributed by atoms with Crippen molar-refractivity contribution in [3.8, 4) is 11.5 Å². The predicted molar refractivity (Wildman–Crippen MR) is 204 cm³/mol. The molecule has 7 atom stereocenters. The van der Waals surface area contributed by atoms with Gasteiger partial charge in [0.25, 0.3) is 0 Å². The minimum Gasteiger partial charge on any atom is -0.508 e. The van der Waals surface area contributed by atoms with Crippen LogP contribution in [0.4, 0.5) is 0 Å². The van der Waals surface area contributed by atoms with Gasteiger partial charge in [0.15, 0.2) is 0 Å². The lowest BCUT2D eigenvalue weighted by molar-refractivity contribution is -0.142. The summed E-state index contributed by atoms with van der Waals surface area (Å²) in [5, 5.41) is 61.9. The number of benzene rings is 2. The number of nitrogens with one attached hydrogen (secondary N) is 6. The average Bonchev–Trinajstić information content (AvgIpc) is 3.14. The molecule has 22 heteroatoms. The number of carboxylic acid groups (broad SMARTS) is 2. The first-order valence-corrected chi connectivity index (χ1v) is 18.1. The molecule has 20 nitrogen and oxygen atoms in total. The highest BCUT2D eigenvalue weighted by Crippen LogP contribution is 2.14. The Labute approximate surface area is 331 Å². The van der Waals surface area contributed by atoms with Crippen molar-refractivity contribution in [2.75, 3.05) is 18.1 Å². The molecule has 2 rings (SSSR count). The van der Waals surface area contributed by atoms with E-state index < -0.39 is 103 Å². The smallest absolute Gasteiger partial charge is 0.327 e. The summed E-state index contributed by atoms with van der Waals surface area (Å²) in [7, 11) is 0. The monoisotopic (exact) mass is 823 g/mol. The Morgan fingerprint density at radius 1 is 0.625 bits per heavy atom. The zero-order valence-corrected chi connectivity index (χ0v) is 31.7. The molecule has 0 aromatic heterocycles. The van der Waals surface area contributed by atoms with Gasteiger partial charge in [0, 0.05) is 24.3 Å². The van der Waals surface area contributed by atoms with Crippen molar-refractivity contribution in [2.45, 2.75) is 68.5 Å². The van der Waals surface area contributed by atoms with Gasteiger partial charge < -0.3 is 63.2 Å². The number of rotatable bonds is 22. The van der Waals surface area contributed by atoms with E-state index in [1.54, 1.807) is 0 Å². The van der Waals surface area contributed by atoms with Gasteiger partial charge in [-0.15, -0.1) is 0 Å². The summed E-state index contributed by atoms with van der Waals surface area (Å²) in [6.45, 7) is 0.357. The summed E-state index contributed by atoms with van der Waals surface area (Å²) < 4.78 is 0. The number of aliphatic carboxylic acids is 2. The Balaban J connectivity index is 2.36. The van der Waals surface area contributed by atoms with Gasteiger partial charge in [-0.2, -0.15) is 25.3 Å². The number of hydrogen-bond acceptors (Lipinski definition) is 14. The fourth-order valence-electron chi connectivity index (χ4n) is 4.81. The highest BCUT2D eigenvalue weighted by molar-refractivity contribution is 7.80. The van der Waals surface area contributed by atoms with Crippen LogP contribution in [0.15, 0.2) is 48.5 Å². The van der Waals surface area contributed by atoms with Gasteiger partial charge in [-0.3, -0.25) is 33.6 Å². The number of amides is 6. The number of phenols is 2. The third-order valence-corrected chi connectivity index (χ3v) is 8.62. The number of aliphatic hydroxyl groups excluding tert-OH is 1. The Bertz CT molecular complexity index is 1710. The molecular weight excluding hydrogens is 779 g/mol. The van der Waals surface area contributed by atoms with E-state index in [2.05, 4.69) is 57.2 Å². The number of carbonyl (C=O) groups is 8. The molecule has 13 N–H and O–H groups in total. The highest BCUT2D eigenvalue weighted by Gasteiger charge is 2.33. The first kappa shape index (κ1) is 46.6. The zero-order valence-electron chi connectivity index (χ0n) is 29.9. The van der Waals surface area contributed by atoms with Crippen LogP contribution in [0.5, 0.6) is 11.5 Å². The largest absolute Gasteiger partial charge is 0.508 e. The van der Waals surface area contributed by atoms with E-state index in [0.717, 1.165) is 6.92 Å². The number of aliphatic hydroxyl groups is 1.